The van der Waals surface area contributed by atoms with Crippen molar-refractivity contribution in [3.8, 4) is 0 Å². The zero-order valence-corrected chi connectivity index (χ0v) is 10.8. The van der Waals surface area contributed by atoms with E-state index >= 15 is 0 Å². The van der Waals surface area contributed by atoms with Crippen LogP contribution in [0.4, 0.5) is 0 Å². The van der Waals surface area contributed by atoms with Gasteiger partial charge < -0.3 is 10.3 Å². The maximum atomic E-state index is 12.0. The Morgan fingerprint density at radius 2 is 1.78 bits per heavy atom. The number of aryl methyl sites for hydroxylation is 3. The number of hydrogen-bond acceptors (Lipinski definition) is 4. The van der Waals surface area contributed by atoms with Crippen LogP contribution >= 0.6 is 0 Å². The maximum absolute atomic E-state index is 12.0. The van der Waals surface area contributed by atoms with E-state index in [9.17, 15) is 9.59 Å². The minimum absolute atomic E-state index is 0.328. The lowest BCUT2D eigenvalue weighted by molar-refractivity contribution is 0.687. The van der Waals surface area contributed by atoms with Gasteiger partial charge in [0, 0.05) is 27.6 Å². The van der Waals surface area contributed by atoms with Crippen molar-refractivity contribution in [3.63, 3.8) is 0 Å². The average molecular weight is 251 g/mol. The van der Waals surface area contributed by atoms with Crippen LogP contribution in [0.15, 0.2) is 9.59 Å². The van der Waals surface area contributed by atoms with Crippen LogP contribution in [0.3, 0.4) is 0 Å². The van der Waals surface area contributed by atoms with Crippen LogP contribution in [0, 0.1) is 0 Å². The van der Waals surface area contributed by atoms with Crippen LogP contribution in [0.5, 0.6) is 0 Å². The molecular weight excluding hydrogens is 234 g/mol. The maximum Gasteiger partial charge on any atom is 0.332 e. The highest BCUT2D eigenvalue weighted by molar-refractivity contribution is 5.70. The minimum Gasteiger partial charge on any atom is -0.330 e. The van der Waals surface area contributed by atoms with Gasteiger partial charge in [0.1, 0.15) is 11.5 Å². The normalized spacial score (nSPS) is 11.3. The van der Waals surface area contributed by atoms with Crippen LogP contribution in [-0.4, -0.2) is 25.2 Å². The number of aromatic nitrogens is 4. The van der Waals surface area contributed by atoms with Crippen LogP contribution in [0.25, 0.3) is 11.2 Å². The van der Waals surface area contributed by atoms with Crippen LogP contribution in [0.2, 0.25) is 0 Å². The summed E-state index contributed by atoms with van der Waals surface area (Å²) in [6.45, 7) is 0.570. The molecule has 0 amide bonds. The number of fused-ring (bicyclic) bond motifs is 1. The van der Waals surface area contributed by atoms with Crippen molar-refractivity contribution < 1.29 is 0 Å². The van der Waals surface area contributed by atoms with Gasteiger partial charge in [-0.1, -0.05) is 0 Å². The fourth-order valence-corrected chi connectivity index (χ4v) is 2.11. The summed E-state index contributed by atoms with van der Waals surface area (Å²) in [7, 11) is 4.90. The van der Waals surface area contributed by atoms with Gasteiger partial charge in [-0.2, -0.15) is 0 Å². The smallest absolute Gasteiger partial charge is 0.330 e. The fourth-order valence-electron chi connectivity index (χ4n) is 2.11. The van der Waals surface area contributed by atoms with Crippen molar-refractivity contribution >= 4 is 11.2 Å². The van der Waals surface area contributed by atoms with Gasteiger partial charge in [-0.15, -0.1) is 0 Å². The highest BCUT2D eigenvalue weighted by Crippen LogP contribution is 2.10. The predicted octanol–water partition coefficient (Wildman–Crippen LogP) is -1.14. The molecule has 18 heavy (non-hydrogen) atoms. The number of rotatable bonds is 3. The van der Waals surface area contributed by atoms with Crippen LogP contribution in [-0.2, 0) is 27.6 Å². The Balaban J connectivity index is 2.80. The Morgan fingerprint density at radius 1 is 1.11 bits per heavy atom. The van der Waals surface area contributed by atoms with Gasteiger partial charge in [0.25, 0.3) is 5.56 Å². The third-order valence-corrected chi connectivity index (χ3v) is 3.16. The molecule has 0 radical (unpaired) electrons. The van der Waals surface area contributed by atoms with E-state index in [1.165, 1.54) is 11.6 Å². The van der Waals surface area contributed by atoms with Crippen molar-refractivity contribution in [1.82, 2.24) is 18.7 Å². The monoisotopic (exact) mass is 251 g/mol. The molecule has 0 aromatic carbocycles. The zero-order valence-electron chi connectivity index (χ0n) is 10.8. The van der Waals surface area contributed by atoms with Crippen LogP contribution < -0.4 is 17.0 Å². The molecule has 0 unspecified atom stereocenters. The topological polar surface area (TPSA) is 87.8 Å². The van der Waals surface area contributed by atoms with E-state index in [1.54, 1.807) is 18.7 Å². The Kier molecular flexibility index (Phi) is 3.08. The molecular formula is C11H17N5O2. The van der Waals surface area contributed by atoms with Gasteiger partial charge in [-0.05, 0) is 13.0 Å². The van der Waals surface area contributed by atoms with Crippen LogP contribution in [0.1, 0.15) is 12.2 Å². The molecule has 0 saturated carbocycles. The van der Waals surface area contributed by atoms with Gasteiger partial charge >= 0.3 is 5.69 Å². The molecule has 0 bridgehead atoms. The summed E-state index contributed by atoms with van der Waals surface area (Å²) in [5, 5.41) is 0. The minimum atomic E-state index is -0.359. The Hall–Kier alpha value is -1.89. The number of nitrogens with two attached hydrogens (primary N) is 1. The molecule has 0 atom stereocenters. The number of hydrogen-bond donors (Lipinski definition) is 1. The van der Waals surface area contributed by atoms with Crippen molar-refractivity contribution in [3.05, 3.63) is 26.7 Å². The lowest BCUT2D eigenvalue weighted by Crippen LogP contribution is -2.37. The predicted molar refractivity (Wildman–Crippen MR) is 68.6 cm³/mol. The van der Waals surface area contributed by atoms with E-state index in [0.29, 0.717) is 24.1 Å². The first-order valence-electron chi connectivity index (χ1n) is 5.80. The first kappa shape index (κ1) is 12.6. The molecule has 0 fully saturated rings. The van der Waals surface area contributed by atoms with E-state index in [0.717, 1.165) is 16.8 Å². The third kappa shape index (κ3) is 1.67. The van der Waals surface area contributed by atoms with E-state index in [1.807, 2.05) is 0 Å². The Morgan fingerprint density at radius 3 is 2.39 bits per heavy atom. The molecule has 2 aromatic rings. The summed E-state index contributed by atoms with van der Waals surface area (Å²) < 4.78 is 4.30. The molecule has 2 rings (SSSR count). The summed E-state index contributed by atoms with van der Waals surface area (Å²) in [4.78, 5) is 28.2. The summed E-state index contributed by atoms with van der Waals surface area (Å²) in [6.07, 6.45) is 1.49. The molecule has 0 aliphatic rings. The van der Waals surface area contributed by atoms with E-state index < -0.39 is 0 Å². The second kappa shape index (κ2) is 4.41. The molecule has 2 N–H and O–H groups in total. The van der Waals surface area contributed by atoms with E-state index in [2.05, 4.69) is 4.98 Å². The standard InChI is InChI=1S/C11H17N5O2/c1-14-7(5-4-6-12)13-8-9(14)15(2)11(18)16(3)10(8)17/h4-6,12H2,1-3H3. The van der Waals surface area contributed by atoms with Crippen molar-refractivity contribution in [2.75, 3.05) is 6.54 Å². The van der Waals surface area contributed by atoms with Gasteiger partial charge in [0.2, 0.25) is 0 Å². The lowest BCUT2D eigenvalue weighted by Gasteiger charge is -2.05. The highest BCUT2D eigenvalue weighted by atomic mass is 16.2. The first-order chi connectivity index (χ1) is 8.49. The Bertz CT molecular complexity index is 707. The van der Waals surface area contributed by atoms with E-state index in [4.69, 9.17) is 5.73 Å². The zero-order chi connectivity index (χ0) is 13.4. The molecule has 0 spiro atoms. The van der Waals surface area contributed by atoms with Gasteiger partial charge in [0.05, 0.1) is 0 Å². The molecule has 0 aliphatic heterocycles. The average Bonchev–Trinajstić information content (AvgIpc) is 2.69. The number of imidazole rings is 1. The summed E-state index contributed by atoms with van der Waals surface area (Å²) in [5.74, 6) is 0.772. The largest absolute Gasteiger partial charge is 0.332 e. The summed E-state index contributed by atoms with van der Waals surface area (Å²) >= 11 is 0. The second-order valence-electron chi connectivity index (χ2n) is 4.36. The number of nitrogens with zero attached hydrogens (tertiary/aromatic N) is 4. The van der Waals surface area contributed by atoms with Crippen molar-refractivity contribution in [2.45, 2.75) is 12.8 Å². The van der Waals surface area contributed by atoms with Gasteiger partial charge in [-0.25, -0.2) is 9.78 Å². The fraction of sp³-hybridized carbons (Fsp3) is 0.545. The second-order valence-corrected chi connectivity index (χ2v) is 4.36. The third-order valence-electron chi connectivity index (χ3n) is 3.16. The Labute approximate surface area is 103 Å². The molecule has 0 saturated heterocycles. The summed E-state index contributed by atoms with van der Waals surface area (Å²) in [6, 6.07) is 0. The lowest BCUT2D eigenvalue weighted by atomic mass is 10.3. The first-order valence-corrected chi connectivity index (χ1v) is 5.80. The highest BCUT2D eigenvalue weighted by Gasteiger charge is 2.16. The quantitative estimate of drug-likeness (QED) is 0.747. The molecule has 2 aromatic heterocycles. The summed E-state index contributed by atoms with van der Waals surface area (Å²) in [5.41, 5.74) is 5.64. The van der Waals surface area contributed by atoms with Crippen molar-refractivity contribution in [1.29, 1.82) is 0 Å². The van der Waals surface area contributed by atoms with Gasteiger partial charge in [0.15, 0.2) is 5.52 Å². The molecule has 7 nitrogen and oxygen atoms in total. The van der Waals surface area contributed by atoms with E-state index in [-0.39, 0.29) is 11.2 Å². The SMILES string of the molecule is Cn1c(=O)c2nc(CCCN)n(C)c2n(C)c1=O. The molecule has 2 heterocycles. The molecule has 7 heteroatoms. The molecule has 0 aliphatic carbocycles. The molecule has 98 valence electrons. The van der Waals surface area contributed by atoms with Gasteiger partial charge in [-0.3, -0.25) is 13.9 Å². The van der Waals surface area contributed by atoms with Crippen molar-refractivity contribution in [2.24, 2.45) is 26.9 Å².